The molecule has 4 heteroatoms. The lowest BCUT2D eigenvalue weighted by Crippen LogP contribution is -2.05. The molecule has 0 aliphatic heterocycles. The largest absolute Gasteiger partial charge is 0.317 e. The van der Waals surface area contributed by atoms with Gasteiger partial charge in [0, 0.05) is 16.3 Å². The van der Waals surface area contributed by atoms with Crippen molar-refractivity contribution in [1.29, 1.82) is 0 Å². The Balaban J connectivity index is 3.11. The fourth-order valence-electron chi connectivity index (χ4n) is 1.03. The Hall–Kier alpha value is -0.740. The molecular weight excluding hydrogens is 219 g/mol. The predicted molar refractivity (Wildman–Crippen MR) is 58.9 cm³/mol. The summed E-state index contributed by atoms with van der Waals surface area (Å²) in [6.07, 6.45) is 0. The molecule has 1 aromatic rings. The third-order valence-electron chi connectivity index (χ3n) is 1.60. The van der Waals surface area contributed by atoms with Gasteiger partial charge in [0.1, 0.15) is 0 Å². The molecule has 2 nitrogen and oxygen atoms in total. The van der Waals surface area contributed by atoms with Crippen molar-refractivity contribution in [2.45, 2.75) is 6.92 Å². The lowest BCUT2D eigenvalue weighted by molar-refractivity contribution is 0.348. The van der Waals surface area contributed by atoms with Gasteiger partial charge in [-0.15, -0.1) is 0 Å². The fraction of sp³-hybridized carbons (Fsp3) is 0.200. The maximum atomic E-state index is 12.1. The molecule has 0 radical (unpaired) electrons. The molecule has 0 aliphatic rings. The molecule has 0 heterocycles. The van der Waals surface area contributed by atoms with Crippen LogP contribution in [0.3, 0.4) is 0 Å². The van der Waals surface area contributed by atoms with Crippen LogP contribution in [0.2, 0.25) is 0 Å². The summed E-state index contributed by atoms with van der Waals surface area (Å²) in [5.74, 6) is 0. The molecule has 1 atom stereocenters. The molecule has 0 saturated heterocycles. The van der Waals surface area contributed by atoms with E-state index in [9.17, 15) is 4.57 Å². The normalized spacial score (nSPS) is 13.9. The number of benzene rings is 1. The van der Waals surface area contributed by atoms with Crippen molar-refractivity contribution in [3.63, 3.8) is 0 Å². The van der Waals surface area contributed by atoms with Crippen LogP contribution < -0.4 is 5.30 Å². The second kappa shape index (κ2) is 5.22. The minimum absolute atomic E-state index is 0.345. The maximum absolute atomic E-state index is 12.1. The standard InChI is InChI=1S/C10H10ClO2P/c1-2-13-14(12,9-8-11)10-6-4-3-5-7-10/h3-7H,2H2,1H3. The van der Waals surface area contributed by atoms with Gasteiger partial charge < -0.3 is 4.52 Å². The Morgan fingerprint density at radius 2 is 2.07 bits per heavy atom. The van der Waals surface area contributed by atoms with Crippen molar-refractivity contribution in [1.82, 2.24) is 0 Å². The average molecular weight is 229 g/mol. The Morgan fingerprint density at radius 1 is 1.43 bits per heavy atom. The lowest BCUT2D eigenvalue weighted by Gasteiger charge is -2.10. The number of hydrogen-bond donors (Lipinski definition) is 0. The molecule has 0 aromatic heterocycles. The quantitative estimate of drug-likeness (QED) is 0.587. The van der Waals surface area contributed by atoms with Crippen molar-refractivity contribution in [3.05, 3.63) is 30.3 Å². The van der Waals surface area contributed by atoms with E-state index in [0.717, 1.165) is 0 Å². The molecule has 1 rings (SSSR count). The molecule has 0 saturated carbocycles. The second-order valence-corrected chi connectivity index (χ2v) is 4.80. The van der Waals surface area contributed by atoms with E-state index < -0.39 is 7.37 Å². The first-order valence-electron chi connectivity index (χ1n) is 4.16. The summed E-state index contributed by atoms with van der Waals surface area (Å²) >= 11 is 5.26. The van der Waals surface area contributed by atoms with E-state index in [0.29, 0.717) is 11.9 Å². The zero-order valence-electron chi connectivity index (χ0n) is 7.74. The summed E-state index contributed by atoms with van der Waals surface area (Å²) in [6, 6.07) is 8.86. The molecule has 1 unspecified atom stereocenters. The highest BCUT2D eigenvalue weighted by atomic mass is 35.5. The number of halogens is 1. The number of hydrogen-bond acceptors (Lipinski definition) is 2. The zero-order valence-corrected chi connectivity index (χ0v) is 9.39. The molecule has 0 fully saturated rings. The average Bonchev–Trinajstić information content (AvgIpc) is 2.20. The van der Waals surface area contributed by atoms with Gasteiger partial charge in [0.2, 0.25) is 0 Å². The molecule has 0 N–H and O–H groups in total. The van der Waals surface area contributed by atoms with Crippen LogP contribution in [0.4, 0.5) is 0 Å². The third-order valence-corrected chi connectivity index (χ3v) is 3.83. The minimum Gasteiger partial charge on any atom is -0.317 e. The van der Waals surface area contributed by atoms with Crippen LogP contribution in [-0.4, -0.2) is 6.61 Å². The van der Waals surface area contributed by atoms with Crippen molar-refractivity contribution < 1.29 is 9.09 Å². The summed E-state index contributed by atoms with van der Waals surface area (Å²) in [4.78, 5) is 0. The van der Waals surface area contributed by atoms with Crippen molar-refractivity contribution in [2.24, 2.45) is 0 Å². The first-order chi connectivity index (χ1) is 6.73. The van der Waals surface area contributed by atoms with Crippen LogP contribution >= 0.6 is 19.0 Å². The highest BCUT2D eigenvalue weighted by Gasteiger charge is 2.22. The lowest BCUT2D eigenvalue weighted by atomic mass is 10.4. The van der Waals surface area contributed by atoms with E-state index in [2.05, 4.69) is 11.0 Å². The van der Waals surface area contributed by atoms with E-state index >= 15 is 0 Å². The molecular formula is C10H10ClO2P. The summed E-state index contributed by atoms with van der Waals surface area (Å²) in [7, 11) is -3.06. The Kier molecular flexibility index (Phi) is 4.22. The minimum atomic E-state index is -3.06. The molecule has 14 heavy (non-hydrogen) atoms. The first kappa shape index (κ1) is 11.3. The second-order valence-electron chi connectivity index (χ2n) is 2.51. The molecule has 0 bridgehead atoms. The smallest absolute Gasteiger partial charge is 0.304 e. The highest BCUT2D eigenvalue weighted by molar-refractivity contribution is 7.71. The molecule has 0 spiro atoms. The van der Waals surface area contributed by atoms with Crippen molar-refractivity contribution >= 4 is 24.3 Å². The molecule has 0 aliphatic carbocycles. The zero-order chi connectivity index (χ0) is 10.4. The van der Waals surface area contributed by atoms with Gasteiger partial charge in [-0.3, -0.25) is 4.57 Å². The summed E-state index contributed by atoms with van der Waals surface area (Å²) < 4.78 is 17.3. The van der Waals surface area contributed by atoms with Gasteiger partial charge in [0.15, 0.2) is 0 Å². The van der Waals surface area contributed by atoms with Gasteiger partial charge in [-0.25, -0.2) is 0 Å². The molecule has 74 valence electrons. The van der Waals surface area contributed by atoms with Crippen molar-refractivity contribution in [2.75, 3.05) is 6.61 Å². The van der Waals surface area contributed by atoms with Gasteiger partial charge >= 0.3 is 7.37 Å². The van der Waals surface area contributed by atoms with E-state index in [4.69, 9.17) is 16.1 Å². The van der Waals surface area contributed by atoms with E-state index in [1.165, 1.54) is 0 Å². The topological polar surface area (TPSA) is 26.3 Å². The Morgan fingerprint density at radius 3 is 2.57 bits per heavy atom. The van der Waals surface area contributed by atoms with Crippen LogP contribution in [0, 0.1) is 11.0 Å². The predicted octanol–water partition coefficient (Wildman–Crippen LogP) is 2.78. The van der Waals surface area contributed by atoms with Crippen LogP contribution in [0.25, 0.3) is 0 Å². The van der Waals surface area contributed by atoms with E-state index in [-0.39, 0.29) is 0 Å². The van der Waals surface area contributed by atoms with Gasteiger partial charge in [0.05, 0.1) is 6.61 Å². The van der Waals surface area contributed by atoms with Gasteiger partial charge in [0.25, 0.3) is 0 Å². The SMILES string of the molecule is CCOP(=O)(C#CCl)c1ccccc1. The summed E-state index contributed by atoms with van der Waals surface area (Å²) in [6.45, 7) is 2.11. The van der Waals surface area contributed by atoms with Crippen LogP contribution in [0.5, 0.6) is 0 Å². The van der Waals surface area contributed by atoms with Crippen LogP contribution in [0.1, 0.15) is 6.92 Å². The van der Waals surface area contributed by atoms with Gasteiger partial charge in [-0.05, 0) is 30.7 Å². The van der Waals surface area contributed by atoms with Crippen molar-refractivity contribution in [3.8, 4) is 11.0 Å². The third kappa shape index (κ3) is 2.62. The molecule has 0 amide bonds. The molecule has 1 aromatic carbocycles. The van der Waals surface area contributed by atoms with Crippen LogP contribution in [0.15, 0.2) is 30.3 Å². The number of rotatable bonds is 3. The maximum Gasteiger partial charge on any atom is 0.304 e. The van der Waals surface area contributed by atoms with Gasteiger partial charge in [-0.1, -0.05) is 18.2 Å². The monoisotopic (exact) mass is 228 g/mol. The van der Waals surface area contributed by atoms with E-state index in [1.807, 2.05) is 6.07 Å². The van der Waals surface area contributed by atoms with Gasteiger partial charge in [-0.2, -0.15) is 0 Å². The van der Waals surface area contributed by atoms with Crippen LogP contribution in [-0.2, 0) is 9.09 Å². The summed E-state index contributed by atoms with van der Waals surface area (Å²) in [5, 5.41) is 2.70. The Labute approximate surface area is 88.7 Å². The summed E-state index contributed by atoms with van der Waals surface area (Å²) in [5.41, 5.74) is 2.42. The first-order valence-corrected chi connectivity index (χ1v) is 6.16. The van der Waals surface area contributed by atoms with E-state index in [1.54, 1.807) is 31.2 Å². The Bertz CT molecular complexity index is 392. The highest BCUT2D eigenvalue weighted by Crippen LogP contribution is 2.44. The fourth-order valence-corrected chi connectivity index (χ4v) is 2.75.